The number of anilines is 1. The molecule has 27 heavy (non-hydrogen) atoms. The van der Waals surface area contributed by atoms with Crippen LogP contribution in [-0.4, -0.2) is 53.5 Å². The number of methoxy groups -OCH3 is 1. The third-order valence-corrected chi connectivity index (χ3v) is 4.78. The van der Waals surface area contributed by atoms with Crippen LogP contribution in [0.3, 0.4) is 0 Å². The van der Waals surface area contributed by atoms with E-state index in [4.69, 9.17) is 9.47 Å². The normalized spacial score (nSPS) is 11.5. The van der Waals surface area contributed by atoms with E-state index < -0.39 is 10.0 Å². The van der Waals surface area contributed by atoms with Gasteiger partial charge in [0.25, 0.3) is 0 Å². The number of benzene rings is 1. The van der Waals surface area contributed by atoms with E-state index in [2.05, 4.69) is 20.3 Å². The molecule has 1 rings (SSSR count). The van der Waals surface area contributed by atoms with Gasteiger partial charge in [-0.2, -0.15) is 0 Å². The molecule has 1 aromatic rings. The van der Waals surface area contributed by atoms with E-state index >= 15 is 0 Å². The molecular formula is C17H31IN4O4S. The summed E-state index contributed by atoms with van der Waals surface area (Å²) in [5.41, 5.74) is 0.816. The Kier molecular flexibility index (Phi) is 13.2. The van der Waals surface area contributed by atoms with Crippen LogP contribution in [0.1, 0.15) is 27.2 Å². The molecule has 0 fully saturated rings. The molecule has 0 aliphatic heterocycles. The van der Waals surface area contributed by atoms with Crippen molar-refractivity contribution in [1.82, 2.24) is 10.0 Å². The van der Waals surface area contributed by atoms with E-state index in [-0.39, 0.29) is 29.7 Å². The molecule has 0 saturated heterocycles. The van der Waals surface area contributed by atoms with E-state index in [0.29, 0.717) is 50.1 Å². The van der Waals surface area contributed by atoms with Gasteiger partial charge in [-0.1, -0.05) is 0 Å². The second-order valence-electron chi connectivity index (χ2n) is 5.34. The number of nitrogens with zero attached hydrogens (tertiary/aromatic N) is 1. The Hall–Kier alpha value is -1.27. The van der Waals surface area contributed by atoms with Crippen LogP contribution in [0.4, 0.5) is 5.69 Å². The highest BCUT2D eigenvalue weighted by atomic mass is 127. The molecule has 0 atom stereocenters. The number of rotatable bonds is 11. The van der Waals surface area contributed by atoms with E-state index in [9.17, 15) is 8.42 Å². The third-order valence-electron chi connectivity index (χ3n) is 3.38. The summed E-state index contributed by atoms with van der Waals surface area (Å²) in [5, 5.41) is 6.36. The standard InChI is InChI=1S/C17H30N4O4S.HI/c1-5-18-17(19-11-8-12-20-26(22,23)7-3)21-14-9-10-15(25-6-2)16(13-14)24-4;/h9-10,13,20H,5-8,11-12H2,1-4H3,(H2,18,19,21);1H. The maximum Gasteiger partial charge on any atom is 0.211 e. The fourth-order valence-electron chi connectivity index (χ4n) is 2.06. The Morgan fingerprint density at radius 1 is 1.19 bits per heavy atom. The molecule has 0 aromatic heterocycles. The molecule has 0 aliphatic carbocycles. The number of ether oxygens (including phenoxy) is 2. The van der Waals surface area contributed by atoms with E-state index in [1.807, 2.05) is 32.0 Å². The number of sulfonamides is 1. The van der Waals surface area contributed by atoms with Crippen LogP contribution in [0.5, 0.6) is 11.5 Å². The molecule has 0 amide bonds. The lowest BCUT2D eigenvalue weighted by Crippen LogP contribution is -2.31. The first-order valence-electron chi connectivity index (χ1n) is 8.79. The largest absolute Gasteiger partial charge is 0.493 e. The first-order chi connectivity index (χ1) is 12.5. The summed E-state index contributed by atoms with van der Waals surface area (Å²) in [6.45, 7) is 7.65. The zero-order valence-electron chi connectivity index (χ0n) is 16.4. The summed E-state index contributed by atoms with van der Waals surface area (Å²) in [6, 6.07) is 5.57. The molecule has 0 radical (unpaired) electrons. The minimum atomic E-state index is -3.15. The highest BCUT2D eigenvalue weighted by molar-refractivity contribution is 14.0. The van der Waals surface area contributed by atoms with Gasteiger partial charge >= 0.3 is 0 Å². The maximum atomic E-state index is 11.4. The monoisotopic (exact) mass is 514 g/mol. The molecule has 0 heterocycles. The molecular weight excluding hydrogens is 483 g/mol. The van der Waals surface area contributed by atoms with Crippen molar-refractivity contribution >= 4 is 45.6 Å². The summed E-state index contributed by atoms with van der Waals surface area (Å²) in [6.07, 6.45) is 0.613. The van der Waals surface area contributed by atoms with Gasteiger partial charge in [-0.05, 0) is 39.3 Å². The van der Waals surface area contributed by atoms with Gasteiger partial charge in [-0.15, -0.1) is 24.0 Å². The molecule has 0 unspecified atom stereocenters. The summed E-state index contributed by atoms with van der Waals surface area (Å²) >= 11 is 0. The van der Waals surface area contributed by atoms with E-state index in [1.165, 1.54) is 0 Å². The fraction of sp³-hybridized carbons (Fsp3) is 0.588. The first kappa shape index (κ1) is 25.7. The number of hydrogen-bond donors (Lipinski definition) is 3. The van der Waals surface area contributed by atoms with Gasteiger partial charge in [-0.25, -0.2) is 13.1 Å². The van der Waals surface area contributed by atoms with Crippen LogP contribution >= 0.6 is 24.0 Å². The Morgan fingerprint density at radius 3 is 2.52 bits per heavy atom. The minimum absolute atomic E-state index is 0. The maximum absolute atomic E-state index is 11.4. The predicted octanol–water partition coefficient (Wildman–Crippen LogP) is 2.42. The van der Waals surface area contributed by atoms with Gasteiger partial charge in [0.2, 0.25) is 10.0 Å². The Balaban J connectivity index is 0.00000676. The molecule has 0 bridgehead atoms. The highest BCUT2D eigenvalue weighted by Gasteiger charge is 2.07. The van der Waals surface area contributed by atoms with Crippen molar-refractivity contribution in [3.05, 3.63) is 18.2 Å². The van der Waals surface area contributed by atoms with Gasteiger partial charge in [0.1, 0.15) is 0 Å². The molecule has 3 N–H and O–H groups in total. The van der Waals surface area contributed by atoms with Gasteiger partial charge < -0.3 is 20.1 Å². The summed E-state index contributed by atoms with van der Waals surface area (Å²) in [7, 11) is -1.56. The predicted molar refractivity (Wildman–Crippen MR) is 121 cm³/mol. The quantitative estimate of drug-likeness (QED) is 0.182. The van der Waals surface area contributed by atoms with Gasteiger partial charge in [0, 0.05) is 31.4 Å². The lowest BCUT2D eigenvalue weighted by molar-refractivity contribution is 0.311. The van der Waals surface area contributed by atoms with Gasteiger partial charge in [0.05, 0.1) is 19.5 Å². The average molecular weight is 514 g/mol. The van der Waals surface area contributed by atoms with Crippen LogP contribution in [0.15, 0.2) is 23.2 Å². The highest BCUT2D eigenvalue weighted by Crippen LogP contribution is 2.30. The van der Waals surface area contributed by atoms with E-state index in [0.717, 1.165) is 5.69 Å². The molecule has 0 aliphatic rings. The number of aliphatic imine (C=N–C) groups is 1. The van der Waals surface area contributed by atoms with Crippen molar-refractivity contribution in [1.29, 1.82) is 0 Å². The van der Waals surface area contributed by atoms with Gasteiger partial charge in [0.15, 0.2) is 17.5 Å². The summed E-state index contributed by atoms with van der Waals surface area (Å²) < 4.78 is 36.1. The molecule has 10 heteroatoms. The van der Waals surface area contributed by atoms with Crippen LogP contribution in [0.2, 0.25) is 0 Å². The molecule has 0 saturated carbocycles. The lowest BCUT2D eigenvalue weighted by atomic mass is 10.2. The lowest BCUT2D eigenvalue weighted by Gasteiger charge is -2.14. The second kappa shape index (κ2) is 13.8. The number of hydrogen-bond acceptors (Lipinski definition) is 5. The topological polar surface area (TPSA) is 101 Å². The summed E-state index contributed by atoms with van der Waals surface area (Å²) in [4.78, 5) is 4.46. The van der Waals surface area contributed by atoms with E-state index in [1.54, 1.807) is 14.0 Å². The SMILES string of the molecule is CCNC(=NCCCNS(=O)(=O)CC)Nc1ccc(OCC)c(OC)c1.I. The average Bonchev–Trinajstić information content (AvgIpc) is 2.62. The molecule has 0 spiro atoms. The van der Waals surface area contributed by atoms with Crippen LogP contribution in [-0.2, 0) is 10.0 Å². The summed E-state index contributed by atoms with van der Waals surface area (Å²) in [5.74, 6) is 2.03. The molecule has 156 valence electrons. The van der Waals surface area contributed by atoms with Gasteiger partial charge in [-0.3, -0.25) is 4.99 Å². The third kappa shape index (κ3) is 10.0. The van der Waals surface area contributed by atoms with Crippen molar-refractivity contribution in [2.75, 3.05) is 44.4 Å². The van der Waals surface area contributed by atoms with Crippen molar-refractivity contribution in [2.45, 2.75) is 27.2 Å². The Bertz CT molecular complexity index is 684. The first-order valence-corrected chi connectivity index (χ1v) is 10.4. The van der Waals surface area contributed by atoms with Crippen molar-refractivity contribution in [2.24, 2.45) is 4.99 Å². The van der Waals surface area contributed by atoms with Crippen LogP contribution in [0.25, 0.3) is 0 Å². The minimum Gasteiger partial charge on any atom is -0.493 e. The Morgan fingerprint density at radius 2 is 1.93 bits per heavy atom. The fourth-order valence-corrected chi connectivity index (χ4v) is 2.72. The zero-order valence-corrected chi connectivity index (χ0v) is 19.5. The zero-order chi connectivity index (χ0) is 19.4. The van der Waals surface area contributed by atoms with Crippen LogP contribution < -0.4 is 24.8 Å². The molecule has 8 nitrogen and oxygen atoms in total. The Labute approximate surface area is 179 Å². The number of guanidine groups is 1. The smallest absolute Gasteiger partial charge is 0.211 e. The number of halogens is 1. The number of nitrogens with one attached hydrogen (secondary N) is 3. The molecule has 1 aromatic carbocycles. The van der Waals surface area contributed by atoms with Crippen molar-refractivity contribution in [3.8, 4) is 11.5 Å². The van der Waals surface area contributed by atoms with Crippen molar-refractivity contribution in [3.63, 3.8) is 0 Å². The second-order valence-corrected chi connectivity index (χ2v) is 7.43. The van der Waals surface area contributed by atoms with Crippen LogP contribution in [0, 0.1) is 0 Å². The van der Waals surface area contributed by atoms with Crippen molar-refractivity contribution < 1.29 is 17.9 Å².